The SMILES string of the molecule is COC1CC(n2c(N)nc3ccccc32)C1(C)C. The number of ether oxygens (including phenoxy) is 1. The Morgan fingerprint density at radius 1 is 1.39 bits per heavy atom. The molecule has 18 heavy (non-hydrogen) atoms. The molecule has 1 heterocycles. The number of hydrogen-bond donors (Lipinski definition) is 1. The second kappa shape index (κ2) is 3.72. The molecule has 0 bridgehead atoms. The van der Waals surface area contributed by atoms with E-state index in [9.17, 15) is 0 Å². The Hall–Kier alpha value is -1.55. The summed E-state index contributed by atoms with van der Waals surface area (Å²) in [5.41, 5.74) is 8.25. The Labute approximate surface area is 107 Å². The highest BCUT2D eigenvalue weighted by atomic mass is 16.5. The van der Waals surface area contributed by atoms with Gasteiger partial charge in [-0.25, -0.2) is 4.98 Å². The van der Waals surface area contributed by atoms with E-state index in [1.807, 2.05) is 18.2 Å². The van der Waals surface area contributed by atoms with Crippen molar-refractivity contribution in [3.05, 3.63) is 24.3 Å². The molecule has 1 fully saturated rings. The third kappa shape index (κ3) is 1.38. The van der Waals surface area contributed by atoms with E-state index in [1.165, 1.54) is 0 Å². The third-order valence-electron chi connectivity index (χ3n) is 4.35. The standard InChI is InChI=1S/C14H19N3O/c1-14(2)11(8-12(14)18-3)17-10-7-5-4-6-9(10)16-13(17)15/h4-7,11-12H,8H2,1-3H3,(H2,15,16). The quantitative estimate of drug-likeness (QED) is 0.884. The third-order valence-corrected chi connectivity index (χ3v) is 4.35. The summed E-state index contributed by atoms with van der Waals surface area (Å²) in [6.45, 7) is 4.45. The number of nitrogen functional groups attached to an aromatic ring is 1. The Balaban J connectivity index is 2.08. The van der Waals surface area contributed by atoms with Crippen LogP contribution in [-0.4, -0.2) is 22.8 Å². The minimum absolute atomic E-state index is 0.0896. The molecule has 1 aromatic heterocycles. The summed E-state index contributed by atoms with van der Waals surface area (Å²) in [4.78, 5) is 4.43. The number of aromatic nitrogens is 2. The number of nitrogens with two attached hydrogens (primary N) is 1. The lowest BCUT2D eigenvalue weighted by atomic mass is 9.64. The number of rotatable bonds is 2. The number of imidazole rings is 1. The van der Waals surface area contributed by atoms with Crippen molar-refractivity contribution in [2.75, 3.05) is 12.8 Å². The molecule has 96 valence electrons. The van der Waals surface area contributed by atoms with Gasteiger partial charge in [0.1, 0.15) is 0 Å². The average Bonchev–Trinajstić information content (AvgIpc) is 2.65. The minimum Gasteiger partial charge on any atom is -0.381 e. The van der Waals surface area contributed by atoms with Gasteiger partial charge < -0.3 is 15.0 Å². The van der Waals surface area contributed by atoms with Gasteiger partial charge in [0.05, 0.1) is 17.1 Å². The van der Waals surface area contributed by atoms with Crippen molar-refractivity contribution >= 4 is 17.0 Å². The number of anilines is 1. The molecule has 0 aliphatic heterocycles. The predicted octanol–water partition coefficient (Wildman–Crippen LogP) is 2.60. The molecule has 1 aliphatic carbocycles. The molecule has 1 aromatic carbocycles. The van der Waals surface area contributed by atoms with E-state index in [1.54, 1.807) is 7.11 Å². The van der Waals surface area contributed by atoms with Crippen LogP contribution in [0.5, 0.6) is 0 Å². The van der Waals surface area contributed by atoms with Gasteiger partial charge in [0.25, 0.3) is 0 Å². The molecule has 4 heteroatoms. The molecule has 0 amide bonds. The predicted molar refractivity (Wildman–Crippen MR) is 72.4 cm³/mol. The Bertz CT molecular complexity index is 588. The van der Waals surface area contributed by atoms with Crippen LogP contribution in [0.3, 0.4) is 0 Å². The summed E-state index contributed by atoms with van der Waals surface area (Å²) in [6, 6.07) is 8.45. The van der Waals surface area contributed by atoms with Crippen molar-refractivity contribution in [3.63, 3.8) is 0 Å². The molecule has 4 nitrogen and oxygen atoms in total. The van der Waals surface area contributed by atoms with Crippen LogP contribution in [0.2, 0.25) is 0 Å². The maximum atomic E-state index is 6.08. The van der Waals surface area contributed by atoms with Gasteiger partial charge in [-0.05, 0) is 18.6 Å². The monoisotopic (exact) mass is 245 g/mol. The fourth-order valence-corrected chi connectivity index (χ4v) is 3.09. The summed E-state index contributed by atoms with van der Waals surface area (Å²) < 4.78 is 7.66. The van der Waals surface area contributed by atoms with Gasteiger partial charge in [-0.15, -0.1) is 0 Å². The summed E-state index contributed by atoms with van der Waals surface area (Å²) in [7, 11) is 1.78. The number of fused-ring (bicyclic) bond motifs is 1. The van der Waals surface area contributed by atoms with Gasteiger partial charge in [-0.1, -0.05) is 26.0 Å². The maximum Gasteiger partial charge on any atom is 0.201 e. The van der Waals surface area contributed by atoms with Crippen LogP contribution >= 0.6 is 0 Å². The number of benzene rings is 1. The zero-order chi connectivity index (χ0) is 12.9. The first-order chi connectivity index (χ1) is 8.55. The highest BCUT2D eigenvalue weighted by molar-refractivity contribution is 5.78. The van der Waals surface area contributed by atoms with Crippen molar-refractivity contribution in [2.24, 2.45) is 5.41 Å². The van der Waals surface area contributed by atoms with Crippen molar-refractivity contribution in [1.82, 2.24) is 9.55 Å². The number of methoxy groups -OCH3 is 1. The molecule has 2 atom stereocenters. The van der Waals surface area contributed by atoms with Crippen LogP contribution in [-0.2, 0) is 4.74 Å². The zero-order valence-electron chi connectivity index (χ0n) is 11.1. The van der Waals surface area contributed by atoms with E-state index in [2.05, 4.69) is 29.5 Å². The van der Waals surface area contributed by atoms with Crippen LogP contribution in [0, 0.1) is 5.41 Å². The van der Waals surface area contributed by atoms with E-state index >= 15 is 0 Å². The maximum absolute atomic E-state index is 6.08. The normalized spacial score (nSPS) is 26.2. The van der Waals surface area contributed by atoms with E-state index < -0.39 is 0 Å². The molecule has 0 saturated heterocycles. The van der Waals surface area contributed by atoms with Gasteiger partial charge >= 0.3 is 0 Å². The fraction of sp³-hybridized carbons (Fsp3) is 0.500. The number of nitrogens with zero attached hydrogens (tertiary/aromatic N) is 2. The van der Waals surface area contributed by atoms with Crippen molar-refractivity contribution in [1.29, 1.82) is 0 Å². The first-order valence-electron chi connectivity index (χ1n) is 6.31. The molecule has 0 spiro atoms. The molecule has 1 aliphatic rings. The van der Waals surface area contributed by atoms with Crippen LogP contribution in [0.15, 0.2) is 24.3 Å². The molecule has 0 radical (unpaired) electrons. The average molecular weight is 245 g/mol. The highest BCUT2D eigenvalue weighted by Gasteiger charge is 2.50. The molecule has 2 unspecified atom stereocenters. The topological polar surface area (TPSA) is 53.1 Å². The van der Waals surface area contributed by atoms with Gasteiger partial charge in [-0.2, -0.15) is 0 Å². The molecule has 3 rings (SSSR count). The first-order valence-corrected chi connectivity index (χ1v) is 6.31. The van der Waals surface area contributed by atoms with Gasteiger partial charge in [0.2, 0.25) is 5.95 Å². The second-order valence-corrected chi connectivity index (χ2v) is 5.63. The highest BCUT2D eigenvalue weighted by Crippen LogP contribution is 2.52. The van der Waals surface area contributed by atoms with Crippen molar-refractivity contribution < 1.29 is 4.74 Å². The molecule has 2 N–H and O–H groups in total. The van der Waals surface area contributed by atoms with Crippen molar-refractivity contribution in [2.45, 2.75) is 32.4 Å². The van der Waals surface area contributed by atoms with Crippen molar-refractivity contribution in [3.8, 4) is 0 Å². The Kier molecular flexibility index (Phi) is 2.38. The summed E-state index contributed by atoms with van der Waals surface area (Å²) in [5, 5.41) is 0. The van der Waals surface area contributed by atoms with Gasteiger partial charge in [-0.3, -0.25) is 0 Å². The lowest BCUT2D eigenvalue weighted by Crippen LogP contribution is -2.51. The lowest BCUT2D eigenvalue weighted by Gasteiger charge is -2.51. The van der Waals surface area contributed by atoms with E-state index in [0.29, 0.717) is 18.1 Å². The summed E-state index contributed by atoms with van der Waals surface area (Å²) >= 11 is 0. The van der Waals surface area contributed by atoms with Crippen LogP contribution < -0.4 is 5.73 Å². The van der Waals surface area contributed by atoms with Crippen LogP contribution in [0.25, 0.3) is 11.0 Å². The Morgan fingerprint density at radius 3 is 2.78 bits per heavy atom. The molecule has 2 aromatic rings. The lowest BCUT2D eigenvalue weighted by molar-refractivity contribution is -0.110. The molecular weight excluding hydrogens is 226 g/mol. The van der Waals surface area contributed by atoms with Gasteiger partial charge in [0, 0.05) is 18.6 Å². The van der Waals surface area contributed by atoms with Crippen LogP contribution in [0.4, 0.5) is 5.95 Å². The largest absolute Gasteiger partial charge is 0.381 e. The summed E-state index contributed by atoms with van der Waals surface area (Å²) in [6.07, 6.45) is 1.29. The second-order valence-electron chi connectivity index (χ2n) is 5.63. The Morgan fingerprint density at radius 2 is 2.11 bits per heavy atom. The zero-order valence-corrected chi connectivity index (χ0v) is 11.1. The number of para-hydroxylation sites is 2. The van der Waals surface area contributed by atoms with E-state index in [4.69, 9.17) is 10.5 Å². The smallest absolute Gasteiger partial charge is 0.201 e. The molecular formula is C14H19N3O. The molecule has 1 saturated carbocycles. The fourth-order valence-electron chi connectivity index (χ4n) is 3.09. The number of hydrogen-bond acceptors (Lipinski definition) is 3. The van der Waals surface area contributed by atoms with Crippen LogP contribution in [0.1, 0.15) is 26.3 Å². The van der Waals surface area contributed by atoms with E-state index in [-0.39, 0.29) is 5.41 Å². The first kappa shape index (κ1) is 11.5. The van der Waals surface area contributed by atoms with Gasteiger partial charge in [0.15, 0.2) is 0 Å². The van der Waals surface area contributed by atoms with E-state index in [0.717, 1.165) is 17.5 Å². The minimum atomic E-state index is 0.0896. The summed E-state index contributed by atoms with van der Waals surface area (Å²) in [5.74, 6) is 0.601.